The van der Waals surface area contributed by atoms with Gasteiger partial charge in [-0.05, 0) is 46.5 Å². The lowest BCUT2D eigenvalue weighted by Crippen LogP contribution is -2.49. The Hall–Kier alpha value is -0.610. The van der Waals surface area contributed by atoms with Crippen molar-refractivity contribution < 1.29 is 9.53 Å². The zero-order valence-electron chi connectivity index (χ0n) is 11.1. The van der Waals surface area contributed by atoms with Crippen molar-refractivity contribution in [2.75, 3.05) is 6.61 Å². The van der Waals surface area contributed by atoms with Crippen LogP contribution in [0.3, 0.4) is 0 Å². The number of carbonyl (C=O) groups excluding carboxylic acids is 1. The third kappa shape index (κ3) is 3.96. The van der Waals surface area contributed by atoms with Gasteiger partial charge in [0.05, 0.1) is 5.60 Å². The molecule has 2 unspecified atom stereocenters. The van der Waals surface area contributed by atoms with Gasteiger partial charge < -0.3 is 15.4 Å². The highest BCUT2D eigenvalue weighted by Gasteiger charge is 2.33. The van der Waals surface area contributed by atoms with E-state index in [-0.39, 0.29) is 18.1 Å². The third-order valence-corrected chi connectivity index (χ3v) is 3.47. The summed E-state index contributed by atoms with van der Waals surface area (Å²) in [6.07, 6.45) is 4.65. The van der Waals surface area contributed by atoms with Crippen molar-refractivity contribution >= 4 is 5.91 Å². The fraction of sp³-hybridized carbons (Fsp3) is 0.923. The van der Waals surface area contributed by atoms with E-state index in [1.54, 1.807) is 0 Å². The molecular weight excluding hydrogens is 216 g/mol. The molecule has 2 N–H and O–H groups in total. The molecule has 2 atom stereocenters. The van der Waals surface area contributed by atoms with Gasteiger partial charge in [-0.2, -0.15) is 0 Å². The predicted molar refractivity (Wildman–Crippen MR) is 66.8 cm³/mol. The lowest BCUT2D eigenvalue weighted by molar-refractivity contribution is -0.131. The summed E-state index contributed by atoms with van der Waals surface area (Å²) >= 11 is 0. The Morgan fingerprint density at radius 1 is 1.29 bits per heavy atom. The molecule has 2 saturated heterocycles. The predicted octanol–water partition coefficient (Wildman–Crippen LogP) is 1.20. The molecule has 0 saturated carbocycles. The van der Waals surface area contributed by atoms with Crippen molar-refractivity contribution in [3.8, 4) is 0 Å². The highest BCUT2D eigenvalue weighted by atomic mass is 16.5. The molecule has 0 aromatic rings. The van der Waals surface area contributed by atoms with Gasteiger partial charge >= 0.3 is 0 Å². The van der Waals surface area contributed by atoms with Crippen LogP contribution in [0.1, 0.15) is 46.5 Å². The van der Waals surface area contributed by atoms with Gasteiger partial charge in [0.2, 0.25) is 5.91 Å². The van der Waals surface area contributed by atoms with Crippen LogP contribution in [-0.4, -0.2) is 36.2 Å². The molecule has 2 rings (SSSR count). The zero-order chi connectivity index (χ0) is 12.5. The average Bonchev–Trinajstić information content (AvgIpc) is 2.54. The number of fused-ring (bicyclic) bond motifs is 2. The Kier molecular flexibility index (Phi) is 3.73. The first kappa shape index (κ1) is 12.8. The standard InChI is InChI=1S/C13H24N2O2/c1-13(2,3)17-8-12(16)15-11-6-9-4-5-10(7-11)14-9/h9-11,14H,4-8H2,1-3H3,(H,15,16). The minimum atomic E-state index is -0.246. The average molecular weight is 240 g/mol. The number of carbonyl (C=O) groups is 1. The number of nitrogens with one attached hydrogen (secondary N) is 2. The Morgan fingerprint density at radius 3 is 2.41 bits per heavy atom. The summed E-state index contributed by atoms with van der Waals surface area (Å²) in [5.41, 5.74) is -0.246. The smallest absolute Gasteiger partial charge is 0.246 e. The maximum atomic E-state index is 11.7. The summed E-state index contributed by atoms with van der Waals surface area (Å²) in [4.78, 5) is 11.7. The Balaban J connectivity index is 1.72. The van der Waals surface area contributed by atoms with Gasteiger partial charge in [-0.15, -0.1) is 0 Å². The number of rotatable bonds is 3. The normalized spacial score (nSPS) is 32.5. The van der Waals surface area contributed by atoms with Gasteiger partial charge in [-0.1, -0.05) is 0 Å². The molecule has 2 aliphatic rings. The number of piperidine rings is 1. The number of hydrogen-bond donors (Lipinski definition) is 2. The summed E-state index contributed by atoms with van der Waals surface area (Å²) in [7, 11) is 0. The number of amides is 1. The lowest BCUT2D eigenvalue weighted by Gasteiger charge is -2.30. The maximum absolute atomic E-state index is 11.7. The summed E-state index contributed by atoms with van der Waals surface area (Å²) in [6.45, 7) is 6.06. The first-order chi connectivity index (χ1) is 7.92. The molecule has 2 fully saturated rings. The molecule has 1 amide bonds. The van der Waals surface area contributed by atoms with Crippen LogP contribution >= 0.6 is 0 Å². The van der Waals surface area contributed by atoms with E-state index in [2.05, 4.69) is 10.6 Å². The monoisotopic (exact) mass is 240 g/mol. The lowest BCUT2D eigenvalue weighted by atomic mass is 10.00. The SMILES string of the molecule is CC(C)(C)OCC(=O)NC1CC2CCC(C1)N2. The number of ether oxygens (including phenoxy) is 1. The van der Waals surface area contributed by atoms with Crippen LogP contribution in [0.5, 0.6) is 0 Å². The van der Waals surface area contributed by atoms with Gasteiger partial charge in [0.15, 0.2) is 0 Å². The zero-order valence-corrected chi connectivity index (χ0v) is 11.1. The molecule has 0 radical (unpaired) electrons. The highest BCUT2D eigenvalue weighted by molar-refractivity contribution is 5.77. The molecule has 4 heteroatoms. The van der Waals surface area contributed by atoms with Crippen molar-refractivity contribution in [1.82, 2.24) is 10.6 Å². The van der Waals surface area contributed by atoms with Crippen molar-refractivity contribution in [2.45, 2.75) is 70.2 Å². The van der Waals surface area contributed by atoms with Gasteiger partial charge in [0, 0.05) is 18.1 Å². The quantitative estimate of drug-likeness (QED) is 0.779. The van der Waals surface area contributed by atoms with E-state index in [1.807, 2.05) is 20.8 Å². The molecule has 2 aliphatic heterocycles. The molecule has 0 aliphatic carbocycles. The van der Waals surface area contributed by atoms with Gasteiger partial charge in [0.1, 0.15) is 6.61 Å². The van der Waals surface area contributed by atoms with E-state index in [4.69, 9.17) is 4.74 Å². The van der Waals surface area contributed by atoms with Crippen molar-refractivity contribution in [1.29, 1.82) is 0 Å². The summed E-state index contributed by atoms with van der Waals surface area (Å²) in [5, 5.41) is 6.66. The van der Waals surface area contributed by atoms with Crippen LogP contribution in [0.15, 0.2) is 0 Å². The van der Waals surface area contributed by atoms with E-state index >= 15 is 0 Å². The Morgan fingerprint density at radius 2 is 1.88 bits per heavy atom. The van der Waals surface area contributed by atoms with E-state index in [0.717, 1.165) is 12.8 Å². The van der Waals surface area contributed by atoms with E-state index in [1.165, 1.54) is 12.8 Å². The van der Waals surface area contributed by atoms with E-state index in [0.29, 0.717) is 18.1 Å². The third-order valence-electron chi connectivity index (χ3n) is 3.47. The molecule has 4 nitrogen and oxygen atoms in total. The summed E-state index contributed by atoms with van der Waals surface area (Å²) in [5.74, 6) is 0.0197. The van der Waals surface area contributed by atoms with Crippen LogP contribution in [0, 0.1) is 0 Å². The van der Waals surface area contributed by atoms with Gasteiger partial charge in [0.25, 0.3) is 0 Å². The van der Waals surface area contributed by atoms with Crippen LogP contribution in [0.2, 0.25) is 0 Å². The van der Waals surface area contributed by atoms with Crippen LogP contribution in [-0.2, 0) is 9.53 Å². The van der Waals surface area contributed by atoms with Crippen LogP contribution < -0.4 is 10.6 Å². The fourth-order valence-corrected chi connectivity index (χ4v) is 2.73. The van der Waals surface area contributed by atoms with Crippen molar-refractivity contribution in [2.24, 2.45) is 0 Å². The molecule has 0 aromatic carbocycles. The second-order valence-corrected chi connectivity index (χ2v) is 6.27. The second-order valence-electron chi connectivity index (χ2n) is 6.27. The van der Waals surface area contributed by atoms with Crippen molar-refractivity contribution in [3.63, 3.8) is 0 Å². The van der Waals surface area contributed by atoms with Gasteiger partial charge in [-0.3, -0.25) is 4.79 Å². The van der Waals surface area contributed by atoms with E-state index in [9.17, 15) is 4.79 Å². The first-order valence-corrected chi connectivity index (χ1v) is 6.62. The largest absolute Gasteiger partial charge is 0.366 e. The van der Waals surface area contributed by atoms with Crippen LogP contribution in [0.4, 0.5) is 0 Å². The summed E-state index contributed by atoms with van der Waals surface area (Å²) < 4.78 is 5.47. The maximum Gasteiger partial charge on any atom is 0.246 e. The molecular formula is C13H24N2O2. The number of hydrogen-bond acceptors (Lipinski definition) is 3. The molecule has 2 bridgehead atoms. The fourth-order valence-electron chi connectivity index (χ4n) is 2.73. The Bertz CT molecular complexity index is 274. The minimum Gasteiger partial charge on any atom is -0.366 e. The molecule has 98 valence electrons. The topological polar surface area (TPSA) is 50.4 Å². The molecule has 0 spiro atoms. The van der Waals surface area contributed by atoms with Crippen molar-refractivity contribution in [3.05, 3.63) is 0 Å². The minimum absolute atomic E-state index is 0.0197. The molecule has 17 heavy (non-hydrogen) atoms. The first-order valence-electron chi connectivity index (χ1n) is 6.62. The van der Waals surface area contributed by atoms with Gasteiger partial charge in [-0.25, -0.2) is 0 Å². The van der Waals surface area contributed by atoms with E-state index < -0.39 is 0 Å². The summed E-state index contributed by atoms with van der Waals surface area (Å²) in [6, 6.07) is 1.56. The molecule has 2 heterocycles. The molecule has 0 aromatic heterocycles. The van der Waals surface area contributed by atoms with Crippen LogP contribution in [0.25, 0.3) is 0 Å². The highest BCUT2D eigenvalue weighted by Crippen LogP contribution is 2.26. The Labute approximate surface area is 103 Å². The second kappa shape index (κ2) is 4.94.